The minimum absolute atomic E-state index is 0.0147. The molecule has 2 atom stereocenters. The molecule has 0 aromatic rings. The minimum atomic E-state index is -3.31. The quantitative estimate of drug-likeness (QED) is 0.789. The van der Waals surface area contributed by atoms with Crippen molar-refractivity contribution in [2.75, 3.05) is 19.4 Å². The van der Waals surface area contributed by atoms with Gasteiger partial charge in [0.1, 0.15) is 5.60 Å². The number of carbonyl (C=O) groups is 1. The summed E-state index contributed by atoms with van der Waals surface area (Å²) in [6.07, 6.45) is 4.25. The van der Waals surface area contributed by atoms with Crippen molar-refractivity contribution in [3.8, 4) is 0 Å². The lowest BCUT2D eigenvalue weighted by Gasteiger charge is -2.37. The molecule has 1 aliphatic rings. The Balaban J connectivity index is 2.84. The van der Waals surface area contributed by atoms with Crippen LogP contribution < -0.4 is 4.72 Å². The molecule has 0 spiro atoms. The van der Waals surface area contributed by atoms with Crippen molar-refractivity contribution in [1.82, 2.24) is 4.72 Å². The van der Waals surface area contributed by atoms with Crippen molar-refractivity contribution in [1.29, 1.82) is 0 Å². The van der Waals surface area contributed by atoms with Crippen molar-refractivity contribution in [2.24, 2.45) is 5.92 Å². The zero-order valence-electron chi connectivity index (χ0n) is 11.4. The molecule has 1 heterocycles. The average Bonchev–Trinajstić information content (AvgIpc) is 2.35. The van der Waals surface area contributed by atoms with Crippen LogP contribution in [0.1, 0.15) is 39.5 Å². The molecule has 2 unspecified atom stereocenters. The van der Waals surface area contributed by atoms with Crippen LogP contribution in [-0.2, 0) is 19.6 Å². The van der Waals surface area contributed by atoms with Crippen LogP contribution in [0.25, 0.3) is 0 Å². The molecule has 1 fully saturated rings. The van der Waals surface area contributed by atoms with E-state index < -0.39 is 15.6 Å². The Morgan fingerprint density at radius 2 is 2.11 bits per heavy atom. The fourth-order valence-electron chi connectivity index (χ4n) is 2.16. The monoisotopic (exact) mass is 277 g/mol. The van der Waals surface area contributed by atoms with Crippen molar-refractivity contribution < 1.29 is 17.9 Å². The van der Waals surface area contributed by atoms with Crippen LogP contribution in [-0.4, -0.2) is 39.2 Å². The first-order valence-corrected chi connectivity index (χ1v) is 8.33. The predicted octanol–water partition coefficient (Wildman–Crippen LogP) is 1.09. The molecule has 6 heteroatoms. The molecule has 1 saturated heterocycles. The topological polar surface area (TPSA) is 72.5 Å². The Morgan fingerprint density at radius 1 is 1.44 bits per heavy atom. The Morgan fingerprint density at radius 3 is 2.56 bits per heavy atom. The summed E-state index contributed by atoms with van der Waals surface area (Å²) in [5, 5.41) is 0. The van der Waals surface area contributed by atoms with Crippen LogP contribution >= 0.6 is 0 Å². The number of carbonyl (C=O) groups excluding carboxylic acids is 1. The lowest BCUT2D eigenvalue weighted by molar-refractivity contribution is -0.153. The lowest BCUT2D eigenvalue weighted by atomic mass is 9.83. The Labute approximate surface area is 109 Å². The van der Waals surface area contributed by atoms with Gasteiger partial charge in [0.15, 0.2) is 5.78 Å². The van der Waals surface area contributed by atoms with Gasteiger partial charge in [0.05, 0.1) is 6.26 Å². The van der Waals surface area contributed by atoms with Gasteiger partial charge in [-0.15, -0.1) is 0 Å². The smallest absolute Gasteiger partial charge is 0.208 e. The van der Waals surface area contributed by atoms with Gasteiger partial charge in [-0.3, -0.25) is 4.79 Å². The highest BCUT2D eigenvalue weighted by Crippen LogP contribution is 2.29. The highest BCUT2D eigenvalue weighted by Gasteiger charge is 2.42. The Hall–Kier alpha value is -0.460. The summed E-state index contributed by atoms with van der Waals surface area (Å²) in [5.74, 6) is -0.0923. The number of nitrogens with one attached hydrogen (secondary N) is 1. The lowest BCUT2D eigenvalue weighted by Crippen LogP contribution is -2.54. The third kappa shape index (κ3) is 4.03. The number of ether oxygens (including phenoxy) is 1. The summed E-state index contributed by atoms with van der Waals surface area (Å²) in [7, 11) is -3.31. The normalized spacial score (nSPS) is 26.8. The van der Waals surface area contributed by atoms with Crippen LogP contribution in [0.3, 0.4) is 0 Å². The summed E-state index contributed by atoms with van der Waals surface area (Å²) < 4.78 is 30.5. The van der Waals surface area contributed by atoms with Crippen molar-refractivity contribution in [3.63, 3.8) is 0 Å². The molecule has 0 aliphatic carbocycles. The van der Waals surface area contributed by atoms with E-state index in [1.807, 2.05) is 13.8 Å². The van der Waals surface area contributed by atoms with Gasteiger partial charge in [-0.05, 0) is 25.7 Å². The van der Waals surface area contributed by atoms with Gasteiger partial charge < -0.3 is 4.74 Å². The van der Waals surface area contributed by atoms with Crippen LogP contribution in [0, 0.1) is 5.92 Å². The molecule has 1 rings (SSSR count). The van der Waals surface area contributed by atoms with Gasteiger partial charge in [0.25, 0.3) is 0 Å². The van der Waals surface area contributed by atoms with E-state index in [4.69, 9.17) is 4.74 Å². The number of rotatable bonds is 6. The third-order valence-corrected chi connectivity index (χ3v) is 4.15. The van der Waals surface area contributed by atoms with Gasteiger partial charge in [0, 0.05) is 19.1 Å². The number of hydrogen-bond donors (Lipinski definition) is 1. The maximum absolute atomic E-state index is 12.4. The van der Waals surface area contributed by atoms with Gasteiger partial charge in [-0.1, -0.05) is 13.8 Å². The van der Waals surface area contributed by atoms with E-state index in [0.717, 1.165) is 25.5 Å². The third-order valence-electron chi connectivity index (χ3n) is 3.48. The zero-order chi connectivity index (χ0) is 13.8. The predicted molar refractivity (Wildman–Crippen MR) is 69.8 cm³/mol. The van der Waals surface area contributed by atoms with Crippen LogP contribution in [0.15, 0.2) is 0 Å². The molecule has 1 N–H and O–H groups in total. The number of ketones is 1. The highest BCUT2D eigenvalue weighted by molar-refractivity contribution is 7.88. The van der Waals surface area contributed by atoms with E-state index in [0.29, 0.717) is 13.0 Å². The number of Topliss-reactive ketones (excluding diaryl/α,β-unsaturated/α-hetero) is 1. The van der Waals surface area contributed by atoms with Crippen LogP contribution in [0.2, 0.25) is 0 Å². The molecule has 0 radical (unpaired) electrons. The van der Waals surface area contributed by atoms with Crippen molar-refractivity contribution in [3.05, 3.63) is 0 Å². The van der Waals surface area contributed by atoms with E-state index in [1.165, 1.54) is 0 Å². The SMILES string of the molecule is CCC(C)C(=O)C1(CNS(C)(=O)=O)CCCCO1. The molecule has 0 amide bonds. The zero-order valence-corrected chi connectivity index (χ0v) is 12.2. The van der Waals surface area contributed by atoms with Gasteiger partial charge >= 0.3 is 0 Å². The van der Waals surface area contributed by atoms with E-state index in [9.17, 15) is 13.2 Å². The molecule has 0 bridgehead atoms. The molecule has 1 aliphatic heterocycles. The second-order valence-electron chi connectivity index (χ2n) is 5.07. The average molecular weight is 277 g/mol. The first-order chi connectivity index (χ1) is 8.31. The summed E-state index contributed by atoms with van der Waals surface area (Å²) in [5.41, 5.74) is -0.962. The molecular formula is C12H23NO4S. The largest absolute Gasteiger partial charge is 0.366 e. The van der Waals surface area contributed by atoms with Crippen LogP contribution in [0.4, 0.5) is 0 Å². The van der Waals surface area contributed by atoms with Crippen LogP contribution in [0.5, 0.6) is 0 Å². The fourth-order valence-corrected chi connectivity index (χ4v) is 2.65. The maximum Gasteiger partial charge on any atom is 0.208 e. The number of sulfonamides is 1. The Kier molecular flexibility index (Phi) is 5.31. The molecule has 5 nitrogen and oxygen atoms in total. The van der Waals surface area contributed by atoms with E-state index in [-0.39, 0.29) is 18.2 Å². The first-order valence-electron chi connectivity index (χ1n) is 6.43. The van der Waals surface area contributed by atoms with Crippen molar-refractivity contribution >= 4 is 15.8 Å². The molecule has 0 aromatic carbocycles. The second-order valence-corrected chi connectivity index (χ2v) is 6.90. The summed E-state index contributed by atoms with van der Waals surface area (Å²) in [4.78, 5) is 12.4. The molecule has 18 heavy (non-hydrogen) atoms. The van der Waals surface area contributed by atoms with Gasteiger partial charge in [0.2, 0.25) is 10.0 Å². The molecular weight excluding hydrogens is 254 g/mol. The summed E-state index contributed by atoms with van der Waals surface area (Å²) in [6.45, 7) is 4.38. The summed E-state index contributed by atoms with van der Waals surface area (Å²) >= 11 is 0. The van der Waals surface area contributed by atoms with E-state index in [2.05, 4.69) is 4.72 Å². The first kappa shape index (κ1) is 15.6. The van der Waals surface area contributed by atoms with Gasteiger partial charge in [-0.2, -0.15) is 0 Å². The van der Waals surface area contributed by atoms with Crippen molar-refractivity contribution in [2.45, 2.75) is 45.1 Å². The molecule has 0 aromatic heterocycles. The standard InChI is InChI=1S/C12H23NO4S/c1-4-10(2)11(14)12(7-5-6-8-17-12)9-13-18(3,15)16/h10,13H,4-9H2,1-3H3. The van der Waals surface area contributed by atoms with E-state index >= 15 is 0 Å². The molecule has 0 saturated carbocycles. The maximum atomic E-state index is 12.4. The van der Waals surface area contributed by atoms with Gasteiger partial charge in [-0.25, -0.2) is 13.1 Å². The minimum Gasteiger partial charge on any atom is -0.366 e. The second kappa shape index (κ2) is 6.12. The summed E-state index contributed by atoms with van der Waals surface area (Å²) in [6, 6.07) is 0. The number of hydrogen-bond acceptors (Lipinski definition) is 4. The Bertz CT molecular complexity index is 385. The fraction of sp³-hybridized carbons (Fsp3) is 0.917. The highest BCUT2D eigenvalue weighted by atomic mass is 32.2. The van der Waals surface area contributed by atoms with E-state index in [1.54, 1.807) is 0 Å². The molecule has 106 valence electrons.